The van der Waals surface area contributed by atoms with E-state index in [2.05, 4.69) is 24.9 Å². The van der Waals surface area contributed by atoms with Gasteiger partial charge in [-0.1, -0.05) is 13.0 Å². The third-order valence-electron chi connectivity index (χ3n) is 4.91. The Morgan fingerprint density at radius 3 is 2.72 bits per heavy atom. The minimum absolute atomic E-state index is 0.796. The quantitative estimate of drug-likeness (QED) is 0.804. The molecule has 25 heavy (non-hydrogen) atoms. The van der Waals surface area contributed by atoms with Gasteiger partial charge in [0.2, 0.25) is 0 Å². The zero-order valence-electron chi connectivity index (χ0n) is 15.1. The number of nitrogens with zero attached hydrogens (tertiary/aromatic N) is 2. The molecule has 3 rings (SSSR count). The van der Waals surface area contributed by atoms with Crippen LogP contribution in [0.4, 0.5) is 0 Å². The first-order valence-electron chi connectivity index (χ1n) is 9.08. The number of allylic oxidation sites excluding steroid dienone is 1. The van der Waals surface area contributed by atoms with E-state index in [0.29, 0.717) is 0 Å². The lowest BCUT2D eigenvalue weighted by atomic mass is 9.84. The highest BCUT2D eigenvalue weighted by molar-refractivity contribution is 6.11. The maximum atomic E-state index is 7.87. The maximum Gasteiger partial charge on any atom is 0.0774 e. The molecule has 0 amide bonds. The van der Waals surface area contributed by atoms with Crippen molar-refractivity contribution in [2.75, 3.05) is 6.54 Å². The molecule has 0 spiro atoms. The molecule has 0 saturated heterocycles. The Morgan fingerprint density at radius 2 is 2.04 bits per heavy atom. The fourth-order valence-electron chi connectivity index (χ4n) is 3.65. The molecule has 1 aromatic heterocycles. The van der Waals surface area contributed by atoms with Crippen molar-refractivity contribution < 1.29 is 0 Å². The highest BCUT2D eigenvalue weighted by atomic mass is 14.7. The molecule has 1 aliphatic carbocycles. The Labute approximate surface area is 149 Å². The van der Waals surface area contributed by atoms with Gasteiger partial charge in [-0.3, -0.25) is 4.99 Å². The monoisotopic (exact) mass is 334 g/mol. The molecule has 0 unspecified atom stereocenters. The summed E-state index contributed by atoms with van der Waals surface area (Å²) in [4.78, 5) is 9.41. The van der Waals surface area contributed by atoms with Crippen LogP contribution < -0.4 is 5.73 Å². The average Bonchev–Trinajstić information content (AvgIpc) is 2.65. The lowest BCUT2D eigenvalue weighted by Gasteiger charge is -2.23. The molecule has 0 fully saturated rings. The number of nitrogens with two attached hydrogens (primary N) is 1. The Kier molecular flexibility index (Phi) is 5.27. The van der Waals surface area contributed by atoms with Crippen molar-refractivity contribution in [1.82, 2.24) is 4.98 Å². The van der Waals surface area contributed by atoms with Crippen LogP contribution in [-0.2, 0) is 12.8 Å². The molecule has 2 aromatic rings. The van der Waals surface area contributed by atoms with Crippen molar-refractivity contribution in [3.63, 3.8) is 0 Å². The molecule has 0 bridgehead atoms. The lowest BCUT2D eigenvalue weighted by molar-refractivity contribution is 0.686. The third-order valence-corrected chi connectivity index (χ3v) is 4.91. The van der Waals surface area contributed by atoms with Crippen LogP contribution >= 0.6 is 0 Å². The minimum atomic E-state index is 0.796. The van der Waals surface area contributed by atoms with Crippen LogP contribution in [0.15, 0.2) is 23.3 Å². The summed E-state index contributed by atoms with van der Waals surface area (Å²) in [6, 6.07) is 4.11. The van der Waals surface area contributed by atoms with Gasteiger partial charge in [-0.2, -0.15) is 0 Å². The largest absolute Gasteiger partial charge is 0.404 e. The van der Waals surface area contributed by atoms with Crippen LogP contribution in [0, 0.1) is 12.3 Å². The molecule has 4 nitrogen and oxygen atoms in total. The molecule has 1 aromatic carbocycles. The number of benzene rings is 1. The van der Waals surface area contributed by atoms with Gasteiger partial charge in [0.05, 0.1) is 11.2 Å². The summed E-state index contributed by atoms with van der Waals surface area (Å²) in [6.07, 6.45) is 10.4. The normalized spacial score (nSPS) is 14.9. The molecular weight excluding hydrogens is 308 g/mol. The number of rotatable bonds is 5. The predicted octanol–water partition coefficient (Wildman–Crippen LogP) is 4.20. The number of nitrogens with one attached hydrogen (secondary N) is 1. The summed E-state index contributed by atoms with van der Waals surface area (Å²) in [7, 11) is 0. The standard InChI is InChI=1S/C21H26N4/c1-3-10-24-13-15(11-22)21-17-7-5-4-6-16(17)20-18(12-23)14(2)8-9-19(20)25-21/h8-9,11-13,23H,3-7,10,22H2,1-2H3/b15-11+,23-12?,24-13?. The molecule has 0 aliphatic heterocycles. The summed E-state index contributed by atoms with van der Waals surface area (Å²) < 4.78 is 0. The number of aryl methyl sites for hydroxylation is 2. The van der Waals surface area contributed by atoms with Gasteiger partial charge in [0.15, 0.2) is 0 Å². The maximum absolute atomic E-state index is 7.87. The lowest BCUT2D eigenvalue weighted by Crippen LogP contribution is -2.12. The van der Waals surface area contributed by atoms with E-state index in [1.165, 1.54) is 30.2 Å². The molecule has 0 radical (unpaired) electrons. The van der Waals surface area contributed by atoms with Crippen molar-refractivity contribution in [3.05, 3.63) is 46.3 Å². The Balaban J connectivity index is 2.28. The zero-order chi connectivity index (χ0) is 17.8. The molecular formula is C21H26N4. The summed E-state index contributed by atoms with van der Waals surface area (Å²) in [5.74, 6) is 0. The van der Waals surface area contributed by atoms with Crippen LogP contribution in [-0.4, -0.2) is 24.0 Å². The fraction of sp³-hybridized carbons (Fsp3) is 0.381. The Bertz CT molecular complexity index is 862. The highest BCUT2D eigenvalue weighted by Gasteiger charge is 2.21. The fourth-order valence-corrected chi connectivity index (χ4v) is 3.65. The number of aromatic nitrogens is 1. The second-order valence-corrected chi connectivity index (χ2v) is 6.62. The highest BCUT2D eigenvalue weighted by Crippen LogP contribution is 2.34. The Morgan fingerprint density at radius 1 is 1.28 bits per heavy atom. The van der Waals surface area contributed by atoms with Crippen molar-refractivity contribution in [2.45, 2.75) is 46.0 Å². The molecule has 1 aliphatic rings. The van der Waals surface area contributed by atoms with Crippen molar-refractivity contribution in [1.29, 1.82) is 5.41 Å². The number of hydrogen-bond acceptors (Lipinski definition) is 4. The second kappa shape index (κ2) is 7.60. The van der Waals surface area contributed by atoms with Gasteiger partial charge < -0.3 is 11.1 Å². The number of fused-ring (bicyclic) bond motifs is 3. The molecule has 3 N–H and O–H groups in total. The summed E-state index contributed by atoms with van der Waals surface area (Å²) in [6.45, 7) is 4.97. The van der Waals surface area contributed by atoms with Crippen molar-refractivity contribution in [3.8, 4) is 0 Å². The predicted molar refractivity (Wildman–Crippen MR) is 107 cm³/mol. The molecule has 4 heteroatoms. The van der Waals surface area contributed by atoms with Crippen LogP contribution in [0.5, 0.6) is 0 Å². The molecule has 0 saturated carbocycles. The summed E-state index contributed by atoms with van der Waals surface area (Å²) in [5, 5.41) is 9.01. The van der Waals surface area contributed by atoms with Gasteiger partial charge in [0, 0.05) is 41.7 Å². The third kappa shape index (κ3) is 3.21. The van der Waals surface area contributed by atoms with E-state index in [9.17, 15) is 0 Å². The topological polar surface area (TPSA) is 75.1 Å². The van der Waals surface area contributed by atoms with Gasteiger partial charge in [-0.25, -0.2) is 4.98 Å². The number of pyridine rings is 1. The smallest absolute Gasteiger partial charge is 0.0774 e. The molecule has 1 heterocycles. The van der Waals surface area contributed by atoms with E-state index in [4.69, 9.17) is 16.1 Å². The van der Waals surface area contributed by atoms with Gasteiger partial charge >= 0.3 is 0 Å². The van der Waals surface area contributed by atoms with Crippen LogP contribution in [0.1, 0.15) is 54.1 Å². The van der Waals surface area contributed by atoms with Gasteiger partial charge in [-0.05, 0) is 61.8 Å². The summed E-state index contributed by atoms with van der Waals surface area (Å²) >= 11 is 0. The van der Waals surface area contributed by atoms with Gasteiger partial charge in [0.25, 0.3) is 0 Å². The minimum Gasteiger partial charge on any atom is -0.404 e. The van der Waals surface area contributed by atoms with E-state index in [-0.39, 0.29) is 0 Å². The van der Waals surface area contributed by atoms with Gasteiger partial charge in [0.1, 0.15) is 0 Å². The Hall–Kier alpha value is -2.49. The van der Waals surface area contributed by atoms with E-state index < -0.39 is 0 Å². The van der Waals surface area contributed by atoms with Crippen LogP contribution in [0.2, 0.25) is 0 Å². The number of hydrogen-bond donors (Lipinski definition) is 2. The van der Waals surface area contributed by atoms with Crippen LogP contribution in [0.25, 0.3) is 16.5 Å². The van der Waals surface area contributed by atoms with Crippen LogP contribution in [0.3, 0.4) is 0 Å². The summed E-state index contributed by atoms with van der Waals surface area (Å²) in [5.41, 5.74) is 13.5. The average molecular weight is 334 g/mol. The first-order chi connectivity index (χ1) is 12.2. The van der Waals surface area contributed by atoms with E-state index >= 15 is 0 Å². The van der Waals surface area contributed by atoms with E-state index in [1.807, 2.05) is 12.3 Å². The van der Waals surface area contributed by atoms with E-state index in [0.717, 1.165) is 59.1 Å². The van der Waals surface area contributed by atoms with E-state index in [1.54, 1.807) is 6.20 Å². The first-order valence-corrected chi connectivity index (χ1v) is 9.08. The van der Waals surface area contributed by atoms with Crippen molar-refractivity contribution in [2.24, 2.45) is 10.7 Å². The van der Waals surface area contributed by atoms with Gasteiger partial charge in [-0.15, -0.1) is 0 Å². The number of aliphatic imine (C=N–C) groups is 1. The molecule has 130 valence electrons. The first kappa shape index (κ1) is 17.3. The molecule has 0 atom stereocenters. The van der Waals surface area contributed by atoms with Crippen molar-refractivity contribution >= 4 is 28.9 Å². The SMILES string of the molecule is CCCN=C/C(=C\N)c1nc2ccc(C)c(C=N)c2c2c1CCCC2. The zero-order valence-corrected chi connectivity index (χ0v) is 15.1. The second-order valence-electron chi connectivity index (χ2n) is 6.62.